The number of carboxylic acids is 1. The van der Waals surface area contributed by atoms with Gasteiger partial charge >= 0.3 is 5.97 Å². The Bertz CT molecular complexity index is 1070. The largest absolute Gasteiger partial charge is 0.507 e. The summed E-state index contributed by atoms with van der Waals surface area (Å²) in [5, 5.41) is 23.9. The maximum absolute atomic E-state index is 13.2. The van der Waals surface area contributed by atoms with Gasteiger partial charge in [-0.1, -0.05) is 18.2 Å². The van der Waals surface area contributed by atoms with E-state index in [0.29, 0.717) is 10.2 Å². The fourth-order valence-corrected chi connectivity index (χ4v) is 4.13. The lowest BCUT2D eigenvalue weighted by Crippen LogP contribution is -2.19. The number of carbonyl (C=O) groups is 2. The van der Waals surface area contributed by atoms with Crippen LogP contribution in [0, 0.1) is 0 Å². The molecule has 0 atom stereocenters. The van der Waals surface area contributed by atoms with E-state index in [2.05, 4.69) is 21.0 Å². The van der Waals surface area contributed by atoms with E-state index in [4.69, 9.17) is 5.11 Å². The molecule has 7 heteroatoms. The summed E-state index contributed by atoms with van der Waals surface area (Å²) in [6.07, 6.45) is 3.51. The first-order chi connectivity index (χ1) is 13.5. The minimum Gasteiger partial charge on any atom is -0.507 e. The highest BCUT2D eigenvalue weighted by Gasteiger charge is 2.27. The summed E-state index contributed by atoms with van der Waals surface area (Å²) in [6, 6.07) is 11.3. The molecule has 1 aliphatic carbocycles. The second-order valence-corrected chi connectivity index (χ2v) is 7.57. The molecule has 0 saturated heterocycles. The number of rotatable bonds is 3. The zero-order chi connectivity index (χ0) is 19.8. The van der Waals surface area contributed by atoms with E-state index in [0.717, 1.165) is 42.5 Å². The number of halogens is 1. The molecule has 0 spiro atoms. The van der Waals surface area contributed by atoms with Crippen molar-refractivity contribution in [2.75, 3.05) is 0 Å². The molecule has 142 valence electrons. The molecule has 0 unspecified atom stereocenters. The van der Waals surface area contributed by atoms with Crippen LogP contribution in [0.15, 0.2) is 46.9 Å². The molecule has 1 aliphatic rings. The monoisotopic (exact) mass is 440 g/mol. The first-order valence-electron chi connectivity index (χ1n) is 8.94. The number of carboxylic acid groups (broad SMARTS) is 1. The SMILES string of the molecule is O=C(O)c1ccc(-c2nn(C(=O)c3c(O)cccc3Br)c3c2CCCC3)cc1. The lowest BCUT2D eigenvalue weighted by Gasteiger charge is -2.14. The molecule has 0 radical (unpaired) electrons. The minimum absolute atomic E-state index is 0.105. The summed E-state index contributed by atoms with van der Waals surface area (Å²) in [6.45, 7) is 0. The molecule has 0 saturated carbocycles. The third-order valence-electron chi connectivity index (χ3n) is 4.98. The topological polar surface area (TPSA) is 92.4 Å². The molecule has 2 aromatic carbocycles. The predicted octanol–water partition coefficient (Wildman–Crippen LogP) is 4.28. The molecule has 4 rings (SSSR count). The molecule has 6 nitrogen and oxygen atoms in total. The average molecular weight is 441 g/mol. The van der Waals surface area contributed by atoms with Gasteiger partial charge in [0.15, 0.2) is 0 Å². The summed E-state index contributed by atoms with van der Waals surface area (Å²) in [7, 11) is 0. The van der Waals surface area contributed by atoms with Crippen LogP contribution in [0.4, 0.5) is 0 Å². The molecule has 0 bridgehead atoms. The highest BCUT2D eigenvalue weighted by molar-refractivity contribution is 9.10. The molecule has 0 amide bonds. The lowest BCUT2D eigenvalue weighted by atomic mass is 9.93. The molecule has 1 aromatic heterocycles. The summed E-state index contributed by atoms with van der Waals surface area (Å²) >= 11 is 3.34. The van der Waals surface area contributed by atoms with Crippen LogP contribution in [0.1, 0.15) is 44.8 Å². The van der Waals surface area contributed by atoms with Crippen molar-refractivity contribution in [3.05, 3.63) is 69.3 Å². The number of fused-ring (bicyclic) bond motifs is 1. The Morgan fingerprint density at radius 2 is 1.75 bits per heavy atom. The summed E-state index contributed by atoms with van der Waals surface area (Å²) in [5.41, 5.74) is 3.69. The van der Waals surface area contributed by atoms with Crippen LogP contribution >= 0.6 is 15.9 Å². The number of aromatic carboxylic acids is 1. The Hall–Kier alpha value is -2.93. The molecule has 0 fully saturated rings. The number of benzene rings is 2. The standard InChI is InChI=1S/C21H17BrN2O4/c22-15-5-3-7-17(25)18(15)20(26)24-16-6-2-1-4-14(16)19(23-24)12-8-10-13(11-9-12)21(27)28/h3,5,7-11,25H,1-2,4,6H2,(H,27,28). The van der Waals surface area contributed by atoms with E-state index in [-0.39, 0.29) is 16.9 Å². The van der Waals surface area contributed by atoms with E-state index in [1.54, 1.807) is 24.3 Å². The fourth-order valence-electron chi connectivity index (χ4n) is 3.60. The number of phenols is 1. The number of carbonyl (C=O) groups excluding carboxylic acids is 1. The average Bonchev–Trinajstić information content (AvgIpc) is 3.07. The molecular weight excluding hydrogens is 424 g/mol. The summed E-state index contributed by atoms with van der Waals surface area (Å²) in [5.74, 6) is -1.48. The number of phenolic OH excluding ortho intramolecular Hbond substituents is 1. The van der Waals surface area contributed by atoms with Crippen molar-refractivity contribution in [3.8, 4) is 17.0 Å². The molecule has 0 aliphatic heterocycles. The second-order valence-electron chi connectivity index (χ2n) is 6.71. The number of nitrogens with zero attached hydrogens (tertiary/aromatic N) is 2. The Kier molecular flexibility index (Phi) is 4.77. The summed E-state index contributed by atoms with van der Waals surface area (Å²) < 4.78 is 1.89. The van der Waals surface area contributed by atoms with Crippen LogP contribution in [-0.4, -0.2) is 31.9 Å². The quantitative estimate of drug-likeness (QED) is 0.633. The minimum atomic E-state index is -0.987. The van der Waals surface area contributed by atoms with Crippen LogP contribution in [0.25, 0.3) is 11.3 Å². The van der Waals surface area contributed by atoms with Gasteiger partial charge in [-0.05, 0) is 65.9 Å². The van der Waals surface area contributed by atoms with Gasteiger partial charge in [-0.15, -0.1) is 0 Å². The van der Waals surface area contributed by atoms with Gasteiger partial charge in [-0.2, -0.15) is 9.78 Å². The number of hydrogen-bond acceptors (Lipinski definition) is 4. The summed E-state index contributed by atoms with van der Waals surface area (Å²) in [4.78, 5) is 24.3. The molecule has 28 heavy (non-hydrogen) atoms. The van der Waals surface area contributed by atoms with Crippen LogP contribution in [0.3, 0.4) is 0 Å². The van der Waals surface area contributed by atoms with Crippen molar-refractivity contribution < 1.29 is 19.8 Å². The Morgan fingerprint density at radius 1 is 1.04 bits per heavy atom. The highest BCUT2D eigenvalue weighted by atomic mass is 79.9. The van der Waals surface area contributed by atoms with E-state index in [1.807, 2.05) is 0 Å². The smallest absolute Gasteiger partial charge is 0.335 e. The van der Waals surface area contributed by atoms with Crippen LogP contribution in [0.2, 0.25) is 0 Å². The highest BCUT2D eigenvalue weighted by Crippen LogP contribution is 2.33. The fraction of sp³-hybridized carbons (Fsp3) is 0.190. The van der Waals surface area contributed by atoms with E-state index >= 15 is 0 Å². The van der Waals surface area contributed by atoms with Gasteiger partial charge in [0.05, 0.1) is 22.5 Å². The molecule has 2 N–H and O–H groups in total. The van der Waals surface area contributed by atoms with Crippen LogP contribution < -0.4 is 0 Å². The normalized spacial score (nSPS) is 13.2. The number of hydrogen-bond donors (Lipinski definition) is 2. The van der Waals surface area contributed by atoms with Crippen molar-refractivity contribution in [2.24, 2.45) is 0 Å². The number of aromatic nitrogens is 2. The third-order valence-corrected chi connectivity index (χ3v) is 5.64. The Balaban J connectivity index is 1.84. The van der Waals surface area contributed by atoms with Gasteiger partial charge < -0.3 is 10.2 Å². The Labute approximate surface area is 169 Å². The van der Waals surface area contributed by atoms with Crippen molar-refractivity contribution in [1.82, 2.24) is 9.78 Å². The maximum atomic E-state index is 13.2. The van der Waals surface area contributed by atoms with Gasteiger partial charge in [0.1, 0.15) is 5.75 Å². The predicted molar refractivity (Wildman–Crippen MR) is 107 cm³/mol. The van der Waals surface area contributed by atoms with Crippen molar-refractivity contribution in [2.45, 2.75) is 25.7 Å². The molecular formula is C21H17BrN2O4. The second kappa shape index (κ2) is 7.24. The van der Waals surface area contributed by atoms with Crippen LogP contribution in [-0.2, 0) is 12.8 Å². The van der Waals surface area contributed by atoms with Gasteiger partial charge in [0.25, 0.3) is 5.91 Å². The van der Waals surface area contributed by atoms with E-state index in [1.165, 1.54) is 22.9 Å². The van der Waals surface area contributed by atoms with Gasteiger partial charge in [-0.3, -0.25) is 4.79 Å². The van der Waals surface area contributed by atoms with E-state index in [9.17, 15) is 14.7 Å². The zero-order valence-corrected chi connectivity index (χ0v) is 16.4. The first-order valence-corrected chi connectivity index (χ1v) is 9.73. The van der Waals surface area contributed by atoms with Crippen LogP contribution in [0.5, 0.6) is 5.75 Å². The number of aromatic hydroxyl groups is 1. The van der Waals surface area contributed by atoms with Crippen molar-refractivity contribution in [3.63, 3.8) is 0 Å². The van der Waals surface area contributed by atoms with E-state index < -0.39 is 11.9 Å². The lowest BCUT2D eigenvalue weighted by molar-refractivity contribution is 0.0696. The van der Waals surface area contributed by atoms with Gasteiger partial charge in [0, 0.05) is 15.6 Å². The molecule has 1 heterocycles. The van der Waals surface area contributed by atoms with Gasteiger partial charge in [0.2, 0.25) is 0 Å². The third kappa shape index (κ3) is 3.11. The van der Waals surface area contributed by atoms with Crippen molar-refractivity contribution in [1.29, 1.82) is 0 Å². The Morgan fingerprint density at radius 3 is 2.43 bits per heavy atom. The van der Waals surface area contributed by atoms with Crippen molar-refractivity contribution >= 4 is 27.8 Å². The molecule has 3 aromatic rings. The zero-order valence-electron chi connectivity index (χ0n) is 14.9. The first kappa shape index (κ1) is 18.4. The van der Waals surface area contributed by atoms with Gasteiger partial charge in [-0.25, -0.2) is 4.79 Å². The maximum Gasteiger partial charge on any atom is 0.335 e.